The van der Waals surface area contributed by atoms with Gasteiger partial charge in [0.05, 0.1) is 12.7 Å². The number of ether oxygens (including phenoxy) is 2. The Hall–Kier alpha value is -3.28. The van der Waals surface area contributed by atoms with E-state index in [-0.39, 0.29) is 11.9 Å². The highest BCUT2D eigenvalue weighted by Crippen LogP contribution is 2.38. The Bertz CT molecular complexity index is 1160. The lowest BCUT2D eigenvalue weighted by molar-refractivity contribution is 0.0980. The van der Waals surface area contributed by atoms with Crippen LogP contribution in [0.2, 0.25) is 0 Å². The van der Waals surface area contributed by atoms with Crippen LogP contribution in [0.25, 0.3) is 22.3 Å². The summed E-state index contributed by atoms with van der Waals surface area (Å²) < 4.78 is 17.3. The van der Waals surface area contributed by atoms with Crippen molar-refractivity contribution in [2.75, 3.05) is 20.2 Å². The molecule has 1 aliphatic rings. The number of unbranched alkanes of at least 4 members (excludes halogenated alkanes) is 5. The molecule has 1 saturated heterocycles. The summed E-state index contributed by atoms with van der Waals surface area (Å²) in [7, 11) is 1.59. The van der Waals surface area contributed by atoms with Gasteiger partial charge in [0.15, 0.2) is 5.78 Å². The van der Waals surface area contributed by atoms with E-state index in [0.717, 1.165) is 31.1 Å². The summed E-state index contributed by atoms with van der Waals surface area (Å²) in [6.07, 6.45) is 9.01. The fourth-order valence-electron chi connectivity index (χ4n) is 4.61. The fraction of sp³-hybridized carbons (Fsp3) is 0.448. The number of Topliss-reactive ketones (excluding diaryl/α,β-unsaturated/α-hetero) is 1. The number of fused-ring (bicyclic) bond motifs is 1. The van der Waals surface area contributed by atoms with Crippen molar-refractivity contribution in [2.45, 2.75) is 64.7 Å². The molecule has 0 unspecified atom stereocenters. The molecule has 6 nitrogen and oxygen atoms in total. The monoisotopic (exact) mass is 477 g/mol. The number of rotatable bonds is 11. The van der Waals surface area contributed by atoms with E-state index in [0.29, 0.717) is 53.5 Å². The molecule has 35 heavy (non-hydrogen) atoms. The van der Waals surface area contributed by atoms with Gasteiger partial charge in [-0.15, -0.1) is 0 Å². The molecule has 1 amide bonds. The lowest BCUT2D eigenvalue weighted by Crippen LogP contribution is -2.30. The quantitative estimate of drug-likeness (QED) is 0.210. The molecule has 6 heteroatoms. The van der Waals surface area contributed by atoms with Crippen LogP contribution in [0.1, 0.15) is 75.1 Å². The highest BCUT2D eigenvalue weighted by atomic mass is 16.6. The highest BCUT2D eigenvalue weighted by Gasteiger charge is 2.23. The maximum atomic E-state index is 13.0. The Morgan fingerprint density at radius 2 is 1.74 bits per heavy atom. The number of furan rings is 1. The van der Waals surface area contributed by atoms with E-state index >= 15 is 0 Å². The number of methoxy groups -OCH3 is 1. The zero-order valence-electron chi connectivity index (χ0n) is 20.8. The van der Waals surface area contributed by atoms with Crippen LogP contribution in [0.3, 0.4) is 0 Å². The maximum Gasteiger partial charge on any atom is 0.415 e. The summed E-state index contributed by atoms with van der Waals surface area (Å²) in [4.78, 5) is 27.4. The number of hydrogen-bond acceptors (Lipinski definition) is 5. The Kier molecular flexibility index (Phi) is 8.45. The van der Waals surface area contributed by atoms with Crippen molar-refractivity contribution in [3.05, 3.63) is 48.0 Å². The lowest BCUT2D eigenvalue weighted by atomic mass is 10.00. The van der Waals surface area contributed by atoms with E-state index in [1.54, 1.807) is 30.2 Å². The first-order chi connectivity index (χ1) is 17.1. The van der Waals surface area contributed by atoms with Crippen molar-refractivity contribution in [2.24, 2.45) is 0 Å². The third-order valence-electron chi connectivity index (χ3n) is 6.63. The van der Waals surface area contributed by atoms with Crippen LogP contribution < -0.4 is 9.47 Å². The Balaban J connectivity index is 1.57. The maximum absolute atomic E-state index is 13.0. The first kappa shape index (κ1) is 24.8. The molecule has 2 heterocycles. The van der Waals surface area contributed by atoms with Gasteiger partial charge in [-0.2, -0.15) is 0 Å². The number of carbonyl (C=O) groups excluding carboxylic acids is 2. The van der Waals surface area contributed by atoms with Crippen LogP contribution in [-0.2, 0) is 0 Å². The third kappa shape index (κ3) is 6.05. The topological polar surface area (TPSA) is 69.0 Å². The molecule has 0 aliphatic carbocycles. The third-order valence-corrected chi connectivity index (χ3v) is 6.63. The van der Waals surface area contributed by atoms with Crippen molar-refractivity contribution in [3.8, 4) is 22.8 Å². The average Bonchev–Trinajstić information content (AvgIpc) is 3.56. The van der Waals surface area contributed by atoms with E-state index in [1.165, 1.54) is 25.7 Å². The van der Waals surface area contributed by atoms with Gasteiger partial charge in [0, 0.05) is 30.5 Å². The summed E-state index contributed by atoms with van der Waals surface area (Å²) in [5.74, 6) is 1.69. The van der Waals surface area contributed by atoms with Crippen molar-refractivity contribution < 1.29 is 23.5 Å². The molecule has 0 atom stereocenters. The molecule has 0 bridgehead atoms. The van der Waals surface area contributed by atoms with Crippen LogP contribution in [-0.4, -0.2) is 37.0 Å². The SMILES string of the molecule is CCCCCCCCC(=O)c1cccc2oc(-c3cc(OC)ccc3OC(=O)N3CCCC3)cc12. The van der Waals surface area contributed by atoms with E-state index < -0.39 is 0 Å². The van der Waals surface area contributed by atoms with Crippen molar-refractivity contribution in [1.82, 2.24) is 4.90 Å². The number of likely N-dealkylation sites (tertiary alicyclic amines) is 1. The van der Waals surface area contributed by atoms with Gasteiger partial charge in [-0.3, -0.25) is 4.79 Å². The summed E-state index contributed by atoms with van der Waals surface area (Å²) in [6, 6.07) is 12.7. The predicted octanol–water partition coefficient (Wildman–Crippen LogP) is 7.64. The molecular formula is C29H35NO5. The van der Waals surface area contributed by atoms with Gasteiger partial charge >= 0.3 is 6.09 Å². The van der Waals surface area contributed by atoms with Crippen LogP contribution >= 0.6 is 0 Å². The molecule has 2 aromatic carbocycles. The zero-order valence-corrected chi connectivity index (χ0v) is 20.8. The van der Waals surface area contributed by atoms with E-state index in [9.17, 15) is 9.59 Å². The van der Waals surface area contributed by atoms with Gasteiger partial charge in [-0.05, 0) is 49.6 Å². The van der Waals surface area contributed by atoms with Crippen LogP contribution in [0.15, 0.2) is 46.9 Å². The summed E-state index contributed by atoms with van der Waals surface area (Å²) in [6.45, 7) is 3.62. The molecule has 0 radical (unpaired) electrons. The molecule has 3 aromatic rings. The van der Waals surface area contributed by atoms with E-state index in [4.69, 9.17) is 13.9 Å². The zero-order chi connectivity index (χ0) is 24.6. The highest BCUT2D eigenvalue weighted by molar-refractivity contribution is 6.08. The smallest absolute Gasteiger partial charge is 0.415 e. The number of carbonyl (C=O) groups is 2. The Morgan fingerprint density at radius 1 is 0.971 bits per heavy atom. The van der Waals surface area contributed by atoms with Gasteiger partial charge in [-0.1, -0.05) is 51.2 Å². The summed E-state index contributed by atoms with van der Waals surface area (Å²) in [5, 5.41) is 0.776. The fourth-order valence-corrected chi connectivity index (χ4v) is 4.61. The first-order valence-electron chi connectivity index (χ1n) is 12.8. The second-order valence-corrected chi connectivity index (χ2v) is 9.19. The largest absolute Gasteiger partial charge is 0.497 e. The molecule has 186 valence electrons. The molecular weight excluding hydrogens is 442 g/mol. The van der Waals surface area contributed by atoms with Crippen molar-refractivity contribution in [3.63, 3.8) is 0 Å². The number of nitrogens with zero attached hydrogens (tertiary/aromatic N) is 1. The molecule has 0 N–H and O–H groups in total. The van der Waals surface area contributed by atoms with Gasteiger partial charge in [0.2, 0.25) is 0 Å². The van der Waals surface area contributed by atoms with E-state index in [1.807, 2.05) is 24.3 Å². The molecule has 4 rings (SSSR count). The second kappa shape index (κ2) is 11.9. The van der Waals surface area contributed by atoms with Gasteiger partial charge < -0.3 is 18.8 Å². The lowest BCUT2D eigenvalue weighted by Gasteiger charge is -2.16. The van der Waals surface area contributed by atoms with Crippen LogP contribution in [0, 0.1) is 0 Å². The summed E-state index contributed by atoms with van der Waals surface area (Å²) in [5.41, 5.74) is 1.92. The second-order valence-electron chi connectivity index (χ2n) is 9.19. The minimum Gasteiger partial charge on any atom is -0.497 e. The van der Waals surface area contributed by atoms with E-state index in [2.05, 4.69) is 6.92 Å². The van der Waals surface area contributed by atoms with Crippen molar-refractivity contribution >= 4 is 22.8 Å². The Labute approximate surface area is 207 Å². The standard InChI is InChI=1S/C29H35NO5/c1-3-4-5-6-7-8-13-25(31)22-12-11-14-26-23(22)20-28(34-26)24-19-21(33-2)15-16-27(24)35-29(32)30-17-9-10-18-30/h11-12,14-16,19-20H,3-10,13,17-18H2,1-2H3. The van der Waals surface area contributed by atoms with Crippen LogP contribution in [0.4, 0.5) is 4.79 Å². The molecule has 1 aromatic heterocycles. The molecule has 1 aliphatic heterocycles. The normalized spacial score (nSPS) is 13.4. The average molecular weight is 478 g/mol. The molecule has 0 saturated carbocycles. The summed E-state index contributed by atoms with van der Waals surface area (Å²) >= 11 is 0. The number of benzene rings is 2. The minimum absolute atomic E-state index is 0.129. The molecule has 1 fully saturated rings. The molecule has 0 spiro atoms. The minimum atomic E-state index is -0.361. The Morgan fingerprint density at radius 3 is 2.51 bits per heavy atom. The van der Waals surface area contributed by atoms with Gasteiger partial charge in [-0.25, -0.2) is 4.79 Å². The van der Waals surface area contributed by atoms with Crippen LogP contribution in [0.5, 0.6) is 11.5 Å². The number of hydrogen-bond donors (Lipinski definition) is 0. The van der Waals surface area contributed by atoms with Crippen molar-refractivity contribution in [1.29, 1.82) is 0 Å². The van der Waals surface area contributed by atoms with Gasteiger partial charge in [0.1, 0.15) is 22.8 Å². The number of ketones is 1. The first-order valence-corrected chi connectivity index (χ1v) is 12.8. The number of amides is 1. The van der Waals surface area contributed by atoms with Gasteiger partial charge in [0.25, 0.3) is 0 Å². The predicted molar refractivity (Wildman–Crippen MR) is 137 cm³/mol.